The van der Waals surface area contributed by atoms with Crippen LogP contribution < -0.4 is 5.32 Å². The Morgan fingerprint density at radius 2 is 2.12 bits per heavy atom. The maximum atomic E-state index is 11.5. The summed E-state index contributed by atoms with van der Waals surface area (Å²) in [5.41, 5.74) is 0.910. The zero-order chi connectivity index (χ0) is 12.0. The molecule has 1 N–H and O–H groups in total. The summed E-state index contributed by atoms with van der Waals surface area (Å²) < 4.78 is 0. The third-order valence-corrected chi connectivity index (χ3v) is 1.97. The molecule has 1 amide bonds. The molecule has 0 aliphatic heterocycles. The second kappa shape index (κ2) is 5.65. The van der Waals surface area contributed by atoms with E-state index in [-0.39, 0.29) is 5.71 Å². The van der Waals surface area contributed by atoms with E-state index < -0.39 is 5.91 Å². The lowest BCUT2D eigenvalue weighted by Crippen LogP contribution is -2.29. The molecule has 0 aliphatic carbocycles. The van der Waals surface area contributed by atoms with Crippen LogP contribution in [0.2, 0.25) is 0 Å². The molecule has 0 aliphatic rings. The molecule has 16 heavy (non-hydrogen) atoms. The fourth-order valence-corrected chi connectivity index (χ4v) is 1.24. The molecule has 0 saturated carbocycles. The minimum absolute atomic E-state index is 0.0766. The van der Waals surface area contributed by atoms with Gasteiger partial charge < -0.3 is 10.2 Å². The second-order valence-corrected chi connectivity index (χ2v) is 2.91. The van der Waals surface area contributed by atoms with Crippen molar-refractivity contribution in [2.45, 2.75) is 0 Å². The fraction of sp³-hybridized carbons (Fsp3) is 0.182. The Bertz CT molecular complexity index is 427. The summed E-state index contributed by atoms with van der Waals surface area (Å²) >= 11 is 0. The number of rotatable bonds is 4. The van der Waals surface area contributed by atoms with Crippen molar-refractivity contribution in [2.75, 3.05) is 14.2 Å². The van der Waals surface area contributed by atoms with Gasteiger partial charge in [0.05, 0.1) is 0 Å². The molecule has 0 spiro atoms. The highest BCUT2D eigenvalue weighted by molar-refractivity contribution is 6.46. The molecular formula is C11H12N2O3. The van der Waals surface area contributed by atoms with Gasteiger partial charge in [0.25, 0.3) is 5.91 Å². The molecule has 0 saturated heterocycles. The zero-order valence-corrected chi connectivity index (χ0v) is 9.06. The lowest BCUT2D eigenvalue weighted by molar-refractivity contribution is -0.114. The number of oxime groups is 1. The van der Waals surface area contributed by atoms with E-state index in [4.69, 9.17) is 0 Å². The largest absolute Gasteiger partial charge is 0.398 e. The van der Waals surface area contributed by atoms with E-state index in [0.29, 0.717) is 17.4 Å². The number of nitrogens with zero attached hydrogens (tertiary/aromatic N) is 1. The van der Waals surface area contributed by atoms with E-state index >= 15 is 0 Å². The van der Waals surface area contributed by atoms with E-state index in [0.717, 1.165) is 0 Å². The first-order valence-corrected chi connectivity index (χ1v) is 4.62. The first-order chi connectivity index (χ1) is 7.74. The molecule has 0 atom stereocenters. The summed E-state index contributed by atoms with van der Waals surface area (Å²) in [7, 11) is 2.82. The lowest BCUT2D eigenvalue weighted by atomic mass is 10.0. The molecule has 0 aromatic heterocycles. The first-order valence-electron chi connectivity index (χ1n) is 4.62. The summed E-state index contributed by atoms with van der Waals surface area (Å²) in [5, 5.41) is 6.05. The predicted molar refractivity (Wildman–Crippen MR) is 59.4 cm³/mol. The number of aldehydes is 1. The molecule has 0 radical (unpaired) electrons. The zero-order valence-electron chi connectivity index (χ0n) is 9.06. The average molecular weight is 220 g/mol. The van der Waals surface area contributed by atoms with Gasteiger partial charge in [-0.3, -0.25) is 9.59 Å². The molecule has 84 valence electrons. The Morgan fingerprint density at radius 3 is 2.69 bits per heavy atom. The van der Waals surface area contributed by atoms with Gasteiger partial charge in [0, 0.05) is 18.2 Å². The molecule has 0 bridgehead atoms. The Hall–Kier alpha value is -2.17. The van der Waals surface area contributed by atoms with Gasteiger partial charge in [-0.1, -0.05) is 29.4 Å². The number of amides is 1. The van der Waals surface area contributed by atoms with Crippen LogP contribution in [0.15, 0.2) is 29.4 Å². The van der Waals surface area contributed by atoms with Crippen LogP contribution in [-0.4, -0.2) is 32.1 Å². The number of carbonyl (C=O) groups is 2. The number of hydrogen-bond donors (Lipinski definition) is 1. The van der Waals surface area contributed by atoms with Gasteiger partial charge in [-0.2, -0.15) is 0 Å². The number of likely N-dealkylation sites (N-methyl/N-ethyl adjacent to an activating group) is 1. The molecule has 0 fully saturated rings. The van der Waals surface area contributed by atoms with E-state index in [1.54, 1.807) is 24.3 Å². The lowest BCUT2D eigenvalue weighted by Gasteiger charge is -2.06. The highest BCUT2D eigenvalue weighted by atomic mass is 16.6. The molecule has 0 heterocycles. The highest BCUT2D eigenvalue weighted by Crippen LogP contribution is 2.08. The summed E-state index contributed by atoms with van der Waals surface area (Å²) in [6, 6.07) is 6.67. The van der Waals surface area contributed by atoms with Crippen LogP contribution in [0.3, 0.4) is 0 Å². The maximum absolute atomic E-state index is 11.5. The van der Waals surface area contributed by atoms with Crippen molar-refractivity contribution in [3.8, 4) is 0 Å². The van der Waals surface area contributed by atoms with Gasteiger partial charge in [0.2, 0.25) is 0 Å². The van der Waals surface area contributed by atoms with Crippen molar-refractivity contribution in [3.05, 3.63) is 35.4 Å². The van der Waals surface area contributed by atoms with Gasteiger partial charge in [-0.15, -0.1) is 0 Å². The summed E-state index contributed by atoms with van der Waals surface area (Å²) in [5.74, 6) is -0.406. The standard InChI is InChI=1S/C11H12N2O3/c1-12-11(15)10(13-16-2)9-6-4-3-5-8(9)7-14/h3-7H,1-2H3,(H,12,15). The smallest absolute Gasteiger partial charge is 0.273 e. The molecule has 1 aromatic rings. The van der Waals surface area contributed by atoms with Crippen LogP contribution >= 0.6 is 0 Å². The minimum atomic E-state index is -0.406. The van der Waals surface area contributed by atoms with Gasteiger partial charge in [0.1, 0.15) is 7.11 Å². The molecule has 0 unspecified atom stereocenters. The van der Waals surface area contributed by atoms with Crippen LogP contribution in [0, 0.1) is 0 Å². The third kappa shape index (κ3) is 2.44. The average Bonchev–Trinajstić information content (AvgIpc) is 2.35. The monoisotopic (exact) mass is 220 g/mol. The number of carbonyl (C=O) groups excluding carboxylic acids is 2. The van der Waals surface area contributed by atoms with Gasteiger partial charge in [-0.05, 0) is 0 Å². The van der Waals surface area contributed by atoms with Crippen molar-refractivity contribution in [2.24, 2.45) is 5.16 Å². The molecular weight excluding hydrogens is 208 g/mol. The van der Waals surface area contributed by atoms with Crippen LogP contribution in [0.25, 0.3) is 0 Å². The Balaban J connectivity index is 3.26. The fourth-order valence-electron chi connectivity index (χ4n) is 1.24. The molecule has 5 nitrogen and oxygen atoms in total. The van der Waals surface area contributed by atoms with Gasteiger partial charge in [-0.25, -0.2) is 0 Å². The van der Waals surface area contributed by atoms with Crippen LogP contribution in [0.1, 0.15) is 15.9 Å². The molecule has 5 heteroatoms. The predicted octanol–water partition coefficient (Wildman–Crippen LogP) is 0.596. The van der Waals surface area contributed by atoms with E-state index in [9.17, 15) is 9.59 Å². The SMILES string of the molecule is CNC(=O)C(=NOC)c1ccccc1C=O. The van der Waals surface area contributed by atoms with Crippen molar-refractivity contribution >= 4 is 17.9 Å². The molecule has 1 rings (SSSR count). The Morgan fingerprint density at radius 1 is 1.44 bits per heavy atom. The van der Waals surface area contributed by atoms with Crippen LogP contribution in [0.5, 0.6) is 0 Å². The normalized spacial score (nSPS) is 10.8. The first kappa shape index (κ1) is 11.9. The second-order valence-electron chi connectivity index (χ2n) is 2.91. The van der Waals surface area contributed by atoms with E-state index in [1.165, 1.54) is 14.2 Å². The third-order valence-electron chi connectivity index (χ3n) is 1.97. The van der Waals surface area contributed by atoms with Crippen LogP contribution in [0.4, 0.5) is 0 Å². The minimum Gasteiger partial charge on any atom is -0.398 e. The maximum Gasteiger partial charge on any atom is 0.273 e. The van der Waals surface area contributed by atoms with Gasteiger partial charge in [0.15, 0.2) is 12.0 Å². The molecule has 1 aromatic carbocycles. The van der Waals surface area contributed by atoms with E-state index in [1.807, 2.05) is 0 Å². The number of hydrogen-bond acceptors (Lipinski definition) is 4. The Labute approximate surface area is 93.1 Å². The topological polar surface area (TPSA) is 67.8 Å². The van der Waals surface area contributed by atoms with Crippen LogP contribution in [-0.2, 0) is 9.63 Å². The summed E-state index contributed by atoms with van der Waals surface area (Å²) in [6.07, 6.45) is 0.670. The van der Waals surface area contributed by atoms with E-state index in [2.05, 4.69) is 15.3 Å². The summed E-state index contributed by atoms with van der Waals surface area (Å²) in [6.45, 7) is 0. The highest BCUT2D eigenvalue weighted by Gasteiger charge is 2.16. The quantitative estimate of drug-likeness (QED) is 0.459. The summed E-state index contributed by atoms with van der Waals surface area (Å²) in [4.78, 5) is 26.9. The van der Waals surface area contributed by atoms with Gasteiger partial charge >= 0.3 is 0 Å². The van der Waals surface area contributed by atoms with Crippen molar-refractivity contribution in [1.82, 2.24) is 5.32 Å². The number of benzene rings is 1. The number of nitrogens with one attached hydrogen (secondary N) is 1. The Kier molecular flexibility index (Phi) is 4.20. The van der Waals surface area contributed by atoms with Crippen molar-refractivity contribution in [1.29, 1.82) is 0 Å². The van der Waals surface area contributed by atoms with Crippen molar-refractivity contribution in [3.63, 3.8) is 0 Å². The van der Waals surface area contributed by atoms with Crippen molar-refractivity contribution < 1.29 is 14.4 Å².